The van der Waals surface area contributed by atoms with Crippen molar-refractivity contribution in [2.45, 2.75) is 25.1 Å². The highest BCUT2D eigenvalue weighted by atomic mass is 35.5. The lowest BCUT2D eigenvalue weighted by atomic mass is 9.97. The van der Waals surface area contributed by atoms with Gasteiger partial charge in [-0.15, -0.1) is 20.8 Å². The zero-order chi connectivity index (χ0) is 6.85. The molecule has 0 N–H and O–H groups in total. The van der Waals surface area contributed by atoms with Crippen molar-refractivity contribution >= 4 is 20.8 Å². The van der Waals surface area contributed by atoms with Crippen LogP contribution in [0.3, 0.4) is 0 Å². The Morgan fingerprint density at radius 2 is 2.44 bits per heavy atom. The summed E-state index contributed by atoms with van der Waals surface area (Å²) in [5.41, 5.74) is 0. The van der Waals surface area contributed by atoms with E-state index in [2.05, 4.69) is 22.2 Å². The van der Waals surface area contributed by atoms with Crippen molar-refractivity contribution in [2.24, 2.45) is 5.92 Å². The average molecular weight is 163 g/mol. The molecule has 0 amide bonds. The van der Waals surface area contributed by atoms with E-state index in [0.29, 0.717) is 11.3 Å². The first-order chi connectivity index (χ1) is 4.22. The lowest BCUT2D eigenvalue weighted by Crippen LogP contribution is -2.14. The second-order valence-electron chi connectivity index (χ2n) is 2.59. The van der Waals surface area contributed by atoms with Crippen molar-refractivity contribution in [1.29, 1.82) is 0 Å². The summed E-state index contributed by atoms with van der Waals surface area (Å²) in [6, 6.07) is 0. The molecule has 0 saturated carbocycles. The van der Waals surface area contributed by atoms with Gasteiger partial charge in [-0.05, 0) is 18.8 Å². The highest BCUT2D eigenvalue weighted by Crippen LogP contribution is 2.32. The molecule has 0 aromatic rings. The van der Waals surface area contributed by atoms with Crippen LogP contribution in [0.2, 0.25) is 0 Å². The maximum absolute atomic E-state index is 6.01. The summed E-state index contributed by atoms with van der Waals surface area (Å²) in [7, 11) is 2.75. The first-order valence-electron chi connectivity index (χ1n) is 3.31. The summed E-state index contributed by atoms with van der Waals surface area (Å²) in [6.45, 7) is 2.18. The first kappa shape index (κ1) is 7.57. The van der Waals surface area contributed by atoms with E-state index in [1.54, 1.807) is 0 Å². The Morgan fingerprint density at radius 1 is 1.78 bits per heavy atom. The van der Waals surface area contributed by atoms with Gasteiger partial charge in [-0.3, -0.25) is 0 Å². The molecule has 0 radical (unpaired) electrons. The molecule has 0 heterocycles. The van der Waals surface area contributed by atoms with Gasteiger partial charge in [-0.25, -0.2) is 0 Å². The molecule has 0 aliphatic heterocycles. The molecule has 2 heteroatoms. The third kappa shape index (κ3) is 1.69. The second-order valence-corrected chi connectivity index (χ2v) is 3.81. The molecule has 0 nitrogen and oxygen atoms in total. The van der Waals surface area contributed by atoms with Crippen LogP contribution in [0.4, 0.5) is 0 Å². The third-order valence-corrected chi connectivity index (χ3v) is 3.25. The summed E-state index contributed by atoms with van der Waals surface area (Å²) >= 11 is 6.01. The Bertz CT molecular complexity index is 131. The standard InChI is InChI=1S/C7H12ClP/c1-5-6(8)3-2-4-7(5)9/h4-6H,2-3,9H2,1H3. The zero-order valence-corrected chi connectivity index (χ0v) is 7.51. The Morgan fingerprint density at radius 3 is 2.89 bits per heavy atom. The van der Waals surface area contributed by atoms with Gasteiger partial charge in [0, 0.05) is 5.38 Å². The summed E-state index contributed by atoms with van der Waals surface area (Å²) in [4.78, 5) is 0. The first-order valence-corrected chi connectivity index (χ1v) is 4.33. The minimum atomic E-state index is 0.363. The number of halogens is 1. The van der Waals surface area contributed by atoms with E-state index < -0.39 is 0 Å². The van der Waals surface area contributed by atoms with Crippen LogP contribution in [0.15, 0.2) is 11.4 Å². The molecule has 9 heavy (non-hydrogen) atoms. The van der Waals surface area contributed by atoms with E-state index in [9.17, 15) is 0 Å². The summed E-state index contributed by atoms with van der Waals surface area (Å²) < 4.78 is 0. The lowest BCUT2D eigenvalue weighted by Gasteiger charge is -2.22. The molecule has 3 atom stereocenters. The molecule has 3 unspecified atom stereocenters. The van der Waals surface area contributed by atoms with Crippen LogP contribution in [-0.4, -0.2) is 5.38 Å². The van der Waals surface area contributed by atoms with E-state index in [4.69, 9.17) is 11.6 Å². The predicted molar refractivity (Wildman–Crippen MR) is 45.8 cm³/mol. The van der Waals surface area contributed by atoms with Crippen molar-refractivity contribution in [3.05, 3.63) is 11.4 Å². The third-order valence-electron chi connectivity index (χ3n) is 1.89. The molecule has 52 valence electrons. The summed E-state index contributed by atoms with van der Waals surface area (Å²) in [5, 5.41) is 1.74. The highest BCUT2D eigenvalue weighted by molar-refractivity contribution is 7.22. The quantitative estimate of drug-likeness (QED) is 0.380. The van der Waals surface area contributed by atoms with Crippen LogP contribution < -0.4 is 0 Å². The fraction of sp³-hybridized carbons (Fsp3) is 0.714. The van der Waals surface area contributed by atoms with Gasteiger partial charge in [0.15, 0.2) is 0 Å². The smallest absolute Gasteiger partial charge is 0.0405 e. The molecule has 0 saturated heterocycles. The SMILES string of the molecule is CC1C(P)=CCCC1Cl. The average Bonchev–Trinajstić information content (AvgIpc) is 1.83. The number of allylic oxidation sites excluding steroid dienone is 2. The molecule has 0 aromatic carbocycles. The number of hydrogen-bond acceptors (Lipinski definition) is 0. The van der Waals surface area contributed by atoms with Crippen LogP contribution >= 0.6 is 20.8 Å². The van der Waals surface area contributed by atoms with Crippen molar-refractivity contribution in [3.63, 3.8) is 0 Å². The van der Waals surface area contributed by atoms with Crippen molar-refractivity contribution in [1.82, 2.24) is 0 Å². The Hall–Kier alpha value is 0.460. The predicted octanol–water partition coefficient (Wildman–Crippen LogP) is 2.78. The van der Waals surface area contributed by atoms with E-state index in [1.807, 2.05) is 0 Å². The van der Waals surface area contributed by atoms with Crippen molar-refractivity contribution < 1.29 is 0 Å². The van der Waals surface area contributed by atoms with Crippen LogP contribution in [0.1, 0.15) is 19.8 Å². The van der Waals surface area contributed by atoms with Crippen LogP contribution in [0.5, 0.6) is 0 Å². The summed E-state index contributed by atoms with van der Waals surface area (Å²) in [6.07, 6.45) is 4.55. The Balaban J connectivity index is 2.62. The van der Waals surface area contributed by atoms with Gasteiger partial charge in [0.05, 0.1) is 0 Å². The molecular weight excluding hydrogens is 151 g/mol. The number of rotatable bonds is 0. The number of alkyl halides is 1. The number of hydrogen-bond donors (Lipinski definition) is 0. The van der Waals surface area contributed by atoms with Gasteiger partial charge in [-0.2, -0.15) is 0 Å². The van der Waals surface area contributed by atoms with Crippen LogP contribution in [-0.2, 0) is 0 Å². The largest absolute Gasteiger partial charge is 0.122 e. The molecule has 1 aliphatic carbocycles. The topological polar surface area (TPSA) is 0 Å². The fourth-order valence-electron chi connectivity index (χ4n) is 1.05. The Kier molecular flexibility index (Phi) is 2.55. The monoisotopic (exact) mass is 162 g/mol. The van der Waals surface area contributed by atoms with Crippen molar-refractivity contribution in [2.75, 3.05) is 0 Å². The molecule has 0 bridgehead atoms. The maximum atomic E-state index is 6.01. The Labute approximate surface area is 63.9 Å². The van der Waals surface area contributed by atoms with E-state index in [-0.39, 0.29) is 0 Å². The molecular formula is C7H12ClP. The molecule has 0 spiro atoms. The second kappa shape index (κ2) is 3.03. The van der Waals surface area contributed by atoms with Gasteiger partial charge in [0.2, 0.25) is 0 Å². The minimum absolute atomic E-state index is 0.363. The highest BCUT2D eigenvalue weighted by Gasteiger charge is 2.18. The molecule has 1 aliphatic rings. The lowest BCUT2D eigenvalue weighted by molar-refractivity contribution is 0.585. The van der Waals surface area contributed by atoms with Gasteiger partial charge < -0.3 is 0 Å². The van der Waals surface area contributed by atoms with Gasteiger partial charge in [0.1, 0.15) is 0 Å². The molecule has 0 aromatic heterocycles. The van der Waals surface area contributed by atoms with Crippen LogP contribution in [0, 0.1) is 5.92 Å². The van der Waals surface area contributed by atoms with Gasteiger partial charge in [-0.1, -0.05) is 18.3 Å². The van der Waals surface area contributed by atoms with Crippen molar-refractivity contribution in [3.8, 4) is 0 Å². The fourth-order valence-corrected chi connectivity index (χ4v) is 1.85. The molecule has 1 rings (SSSR count). The zero-order valence-electron chi connectivity index (χ0n) is 5.60. The van der Waals surface area contributed by atoms with E-state index in [0.717, 1.165) is 12.8 Å². The van der Waals surface area contributed by atoms with E-state index in [1.165, 1.54) is 5.31 Å². The van der Waals surface area contributed by atoms with Gasteiger partial charge >= 0.3 is 0 Å². The minimum Gasteiger partial charge on any atom is -0.122 e. The molecule has 0 fully saturated rings. The normalized spacial score (nSPS) is 36.1. The summed E-state index contributed by atoms with van der Waals surface area (Å²) in [5.74, 6) is 0.561. The van der Waals surface area contributed by atoms with Crippen LogP contribution in [0.25, 0.3) is 0 Å². The van der Waals surface area contributed by atoms with E-state index >= 15 is 0 Å². The van der Waals surface area contributed by atoms with Gasteiger partial charge in [0.25, 0.3) is 0 Å². The maximum Gasteiger partial charge on any atom is 0.0405 e.